The summed E-state index contributed by atoms with van der Waals surface area (Å²) in [6.07, 6.45) is 3.91. The Kier molecular flexibility index (Phi) is 4.48. The third-order valence-corrected chi connectivity index (χ3v) is 6.38. The molecule has 6 aromatic rings. The fourth-order valence-corrected chi connectivity index (χ4v) is 4.98. The van der Waals surface area contributed by atoms with Gasteiger partial charge < -0.3 is 4.42 Å². The highest BCUT2D eigenvalue weighted by Gasteiger charge is 2.17. The molecule has 0 aliphatic rings. The van der Waals surface area contributed by atoms with Crippen molar-refractivity contribution >= 4 is 45.4 Å². The summed E-state index contributed by atoms with van der Waals surface area (Å²) in [6.45, 7) is 8.57. The maximum absolute atomic E-state index is 6.41. The van der Waals surface area contributed by atoms with Gasteiger partial charge in [-0.15, -0.1) is 0 Å². The van der Waals surface area contributed by atoms with E-state index in [1.165, 1.54) is 10.8 Å². The lowest BCUT2D eigenvalue weighted by Crippen LogP contribution is -2.28. The first kappa shape index (κ1) is 19.3. The van der Waals surface area contributed by atoms with Gasteiger partial charge in [0.05, 0.1) is 0 Å². The molecular formula is C32H22O. The molecule has 156 valence electrons. The van der Waals surface area contributed by atoms with Crippen LogP contribution in [0.15, 0.2) is 114 Å². The van der Waals surface area contributed by atoms with Crippen LogP contribution in [0.2, 0.25) is 0 Å². The van der Waals surface area contributed by atoms with Crippen LogP contribution in [-0.4, -0.2) is 0 Å². The van der Waals surface area contributed by atoms with Crippen LogP contribution < -0.4 is 10.4 Å². The molecule has 1 nitrogen and oxygen atoms in total. The smallest absolute Gasteiger partial charge is 0.143 e. The highest BCUT2D eigenvalue weighted by molar-refractivity contribution is 6.14. The standard InChI is InChI=1S/C32H22O/c1-3-12-23-21(2)30(22-13-5-4-6-14-22)25-16-7-8-17-26(25)31(23)28-19-11-18-27-24-15-9-10-20-29(24)33-32(27)28/h3-20H,1-2H2/b23-12+. The van der Waals surface area contributed by atoms with Crippen molar-refractivity contribution in [2.75, 3.05) is 0 Å². The summed E-state index contributed by atoms with van der Waals surface area (Å²) < 4.78 is 6.41. The maximum Gasteiger partial charge on any atom is 0.143 e. The van der Waals surface area contributed by atoms with E-state index in [1.807, 2.05) is 24.3 Å². The lowest BCUT2D eigenvalue weighted by molar-refractivity contribution is 0.670. The second-order valence-electron chi connectivity index (χ2n) is 8.24. The van der Waals surface area contributed by atoms with Gasteiger partial charge >= 0.3 is 0 Å². The summed E-state index contributed by atoms with van der Waals surface area (Å²) in [5.74, 6) is 0. The Morgan fingerprint density at radius 3 is 2.00 bits per heavy atom. The van der Waals surface area contributed by atoms with Gasteiger partial charge in [-0.05, 0) is 38.4 Å². The van der Waals surface area contributed by atoms with E-state index in [0.717, 1.165) is 54.6 Å². The molecular weight excluding hydrogens is 400 g/mol. The molecule has 1 aromatic heterocycles. The highest BCUT2D eigenvalue weighted by atomic mass is 16.3. The molecule has 0 aliphatic heterocycles. The maximum atomic E-state index is 6.41. The molecule has 1 heteroatoms. The topological polar surface area (TPSA) is 13.1 Å². The number of para-hydroxylation sites is 2. The zero-order valence-corrected chi connectivity index (χ0v) is 18.2. The van der Waals surface area contributed by atoms with Crippen LogP contribution in [0.5, 0.6) is 0 Å². The van der Waals surface area contributed by atoms with Crippen molar-refractivity contribution < 1.29 is 4.42 Å². The summed E-state index contributed by atoms with van der Waals surface area (Å²) in [5, 5.41) is 6.65. The van der Waals surface area contributed by atoms with Crippen molar-refractivity contribution in [2.24, 2.45) is 0 Å². The fraction of sp³-hybridized carbons (Fsp3) is 0. The predicted molar refractivity (Wildman–Crippen MR) is 142 cm³/mol. The van der Waals surface area contributed by atoms with Gasteiger partial charge in [-0.25, -0.2) is 0 Å². The lowest BCUT2D eigenvalue weighted by atomic mass is 9.88. The summed E-state index contributed by atoms with van der Waals surface area (Å²) in [5.41, 5.74) is 6.30. The summed E-state index contributed by atoms with van der Waals surface area (Å²) in [6, 6.07) is 33.7. The third-order valence-electron chi connectivity index (χ3n) is 6.38. The molecule has 0 saturated heterocycles. The minimum absolute atomic E-state index is 0.897. The molecule has 5 aromatic carbocycles. The van der Waals surface area contributed by atoms with Crippen molar-refractivity contribution in [3.05, 3.63) is 120 Å². The second-order valence-corrected chi connectivity index (χ2v) is 8.24. The van der Waals surface area contributed by atoms with E-state index in [4.69, 9.17) is 4.42 Å². The summed E-state index contributed by atoms with van der Waals surface area (Å²) >= 11 is 0. The van der Waals surface area contributed by atoms with Crippen molar-refractivity contribution in [2.45, 2.75) is 0 Å². The van der Waals surface area contributed by atoms with Crippen molar-refractivity contribution in [3.8, 4) is 22.3 Å². The van der Waals surface area contributed by atoms with Gasteiger partial charge in [-0.3, -0.25) is 0 Å². The fourth-order valence-electron chi connectivity index (χ4n) is 4.98. The van der Waals surface area contributed by atoms with E-state index < -0.39 is 0 Å². The number of fused-ring (bicyclic) bond motifs is 4. The number of hydrogen-bond acceptors (Lipinski definition) is 1. The molecule has 0 fully saturated rings. The van der Waals surface area contributed by atoms with Gasteiger partial charge in [-0.1, -0.05) is 116 Å². The number of rotatable bonds is 3. The van der Waals surface area contributed by atoms with E-state index in [-0.39, 0.29) is 0 Å². The Labute approximate surface area is 192 Å². The minimum Gasteiger partial charge on any atom is -0.455 e. The average molecular weight is 423 g/mol. The molecule has 6 rings (SSSR count). The Morgan fingerprint density at radius 1 is 0.606 bits per heavy atom. The van der Waals surface area contributed by atoms with Crippen LogP contribution in [0.4, 0.5) is 0 Å². The Balaban J connectivity index is 1.83. The number of allylic oxidation sites excluding steroid dienone is 1. The first-order chi connectivity index (χ1) is 16.3. The zero-order chi connectivity index (χ0) is 22.4. The molecule has 0 bridgehead atoms. The molecule has 0 spiro atoms. The van der Waals surface area contributed by atoms with Crippen LogP contribution in [0, 0.1) is 0 Å². The SMILES string of the molecule is C=C/C=c1/c(-c2cccc3c2oc2ccccc23)c2ccccc2c(-c2ccccc2)c1=C. The molecule has 0 atom stereocenters. The van der Waals surface area contributed by atoms with Crippen molar-refractivity contribution in [3.63, 3.8) is 0 Å². The van der Waals surface area contributed by atoms with Crippen LogP contribution in [-0.2, 0) is 0 Å². The Morgan fingerprint density at radius 2 is 1.24 bits per heavy atom. The molecule has 0 N–H and O–H groups in total. The predicted octanol–water partition coefficient (Wildman–Crippen LogP) is 7.45. The van der Waals surface area contributed by atoms with Crippen molar-refractivity contribution in [1.82, 2.24) is 0 Å². The highest BCUT2D eigenvalue weighted by Crippen LogP contribution is 2.38. The first-order valence-corrected chi connectivity index (χ1v) is 11.1. The van der Waals surface area contributed by atoms with Crippen molar-refractivity contribution in [1.29, 1.82) is 0 Å². The van der Waals surface area contributed by atoms with Gasteiger partial charge in [0, 0.05) is 21.9 Å². The molecule has 0 radical (unpaired) electrons. The normalized spacial score (nSPS) is 12.1. The molecule has 33 heavy (non-hydrogen) atoms. The lowest BCUT2D eigenvalue weighted by Gasteiger charge is -2.15. The molecule has 1 heterocycles. The van der Waals surface area contributed by atoms with Crippen LogP contribution in [0.1, 0.15) is 0 Å². The number of furan rings is 1. The number of hydrogen-bond donors (Lipinski definition) is 0. The monoisotopic (exact) mass is 422 g/mol. The largest absolute Gasteiger partial charge is 0.455 e. The second kappa shape index (κ2) is 7.65. The van der Waals surface area contributed by atoms with Gasteiger partial charge in [0.1, 0.15) is 11.2 Å². The van der Waals surface area contributed by atoms with E-state index >= 15 is 0 Å². The third kappa shape index (κ3) is 2.94. The van der Waals surface area contributed by atoms with Crippen LogP contribution in [0.25, 0.3) is 67.6 Å². The molecule has 0 amide bonds. The summed E-state index contributed by atoms with van der Waals surface area (Å²) in [4.78, 5) is 0. The molecule has 0 saturated carbocycles. The summed E-state index contributed by atoms with van der Waals surface area (Å²) in [7, 11) is 0. The van der Waals surface area contributed by atoms with Crippen LogP contribution in [0.3, 0.4) is 0 Å². The molecule has 0 aliphatic carbocycles. The van der Waals surface area contributed by atoms with E-state index in [2.05, 4.69) is 98.1 Å². The van der Waals surface area contributed by atoms with E-state index in [9.17, 15) is 0 Å². The number of benzene rings is 5. The van der Waals surface area contributed by atoms with Crippen LogP contribution >= 0.6 is 0 Å². The van der Waals surface area contributed by atoms with Gasteiger partial charge in [0.15, 0.2) is 0 Å². The quantitative estimate of drug-likeness (QED) is 0.289. The van der Waals surface area contributed by atoms with Gasteiger partial charge in [0.2, 0.25) is 0 Å². The Bertz CT molecular complexity index is 1790. The molecule has 0 unspecified atom stereocenters. The van der Waals surface area contributed by atoms with E-state index in [1.54, 1.807) is 0 Å². The minimum atomic E-state index is 0.897. The average Bonchev–Trinajstić information content (AvgIpc) is 3.24. The van der Waals surface area contributed by atoms with Gasteiger partial charge in [0.25, 0.3) is 0 Å². The van der Waals surface area contributed by atoms with Gasteiger partial charge in [-0.2, -0.15) is 0 Å². The zero-order valence-electron chi connectivity index (χ0n) is 18.2. The Hall–Kier alpha value is -4.36. The van der Waals surface area contributed by atoms with E-state index in [0.29, 0.717) is 0 Å². The first-order valence-electron chi connectivity index (χ1n) is 11.1.